The van der Waals surface area contributed by atoms with Crippen molar-refractivity contribution in [3.63, 3.8) is 0 Å². The number of hydrogen-bond donors (Lipinski definition) is 2. The highest BCUT2D eigenvalue weighted by Crippen LogP contribution is 2.21. The minimum Gasteiger partial charge on any atom is -0.356 e. The first-order valence-electron chi connectivity index (χ1n) is 10.1. The summed E-state index contributed by atoms with van der Waals surface area (Å²) in [5.74, 6) is 0.0239. The average molecular weight is 370 g/mol. The number of likely N-dealkylation sites (tertiary alicyclic amines) is 1. The zero-order valence-corrected chi connectivity index (χ0v) is 16.0. The Kier molecular flexibility index (Phi) is 7.39. The van der Waals surface area contributed by atoms with E-state index >= 15 is 0 Å². The fraction of sp³-hybridized carbons (Fsp3) is 0.571. The van der Waals surface area contributed by atoms with Gasteiger partial charge in [0.05, 0.1) is 0 Å². The van der Waals surface area contributed by atoms with Crippen LogP contribution in [0.25, 0.3) is 0 Å². The van der Waals surface area contributed by atoms with E-state index in [0.29, 0.717) is 31.7 Å². The van der Waals surface area contributed by atoms with Crippen molar-refractivity contribution in [1.82, 2.24) is 15.6 Å². The Hall–Kier alpha value is -2.21. The Morgan fingerprint density at radius 1 is 1.22 bits per heavy atom. The first-order chi connectivity index (χ1) is 13.2. The number of hydrogen-bond acceptors (Lipinski definition) is 4. The Labute approximate surface area is 161 Å². The van der Waals surface area contributed by atoms with E-state index in [1.165, 1.54) is 24.8 Å². The molecule has 1 aromatic rings. The van der Waals surface area contributed by atoms with Gasteiger partial charge in [0.2, 0.25) is 11.8 Å². The Morgan fingerprint density at radius 3 is 2.85 bits per heavy atom. The van der Waals surface area contributed by atoms with Gasteiger partial charge < -0.3 is 5.32 Å². The van der Waals surface area contributed by atoms with Crippen LogP contribution >= 0.6 is 0 Å². The molecule has 2 aliphatic rings. The first kappa shape index (κ1) is 19.5. The number of piperidine rings is 1. The van der Waals surface area contributed by atoms with Gasteiger partial charge >= 0.3 is 0 Å². The summed E-state index contributed by atoms with van der Waals surface area (Å²) in [5.41, 5.74) is 4.74. The van der Waals surface area contributed by atoms with Gasteiger partial charge in [0.1, 0.15) is 0 Å². The lowest BCUT2D eigenvalue weighted by Crippen LogP contribution is -2.41. The maximum atomic E-state index is 12.1. The van der Waals surface area contributed by atoms with Gasteiger partial charge in [-0.05, 0) is 44.2 Å². The lowest BCUT2D eigenvalue weighted by atomic mass is 9.98. The van der Waals surface area contributed by atoms with E-state index in [1.807, 2.05) is 0 Å². The quantitative estimate of drug-likeness (QED) is 0.739. The van der Waals surface area contributed by atoms with E-state index in [9.17, 15) is 9.59 Å². The normalized spacial score (nSPS) is 20.7. The average Bonchev–Trinajstić information content (AvgIpc) is 2.70. The number of benzene rings is 1. The Morgan fingerprint density at radius 2 is 2.07 bits per heavy atom. The molecular formula is C21H30N4O2. The molecule has 1 fully saturated rings. The van der Waals surface area contributed by atoms with E-state index < -0.39 is 0 Å². The number of amides is 2. The van der Waals surface area contributed by atoms with Gasteiger partial charge in [-0.2, -0.15) is 5.10 Å². The summed E-state index contributed by atoms with van der Waals surface area (Å²) in [6.45, 7) is 2.85. The van der Waals surface area contributed by atoms with Crippen molar-refractivity contribution in [3.05, 3.63) is 35.9 Å². The van der Waals surface area contributed by atoms with Crippen molar-refractivity contribution in [3.8, 4) is 0 Å². The summed E-state index contributed by atoms with van der Waals surface area (Å²) in [4.78, 5) is 25.7. The Bertz CT molecular complexity index is 659. The molecule has 0 saturated carbocycles. The molecular weight excluding hydrogens is 340 g/mol. The van der Waals surface area contributed by atoms with Crippen molar-refractivity contribution >= 4 is 17.5 Å². The molecule has 0 aromatic heterocycles. The van der Waals surface area contributed by atoms with Crippen molar-refractivity contribution in [2.24, 2.45) is 5.10 Å². The summed E-state index contributed by atoms with van der Waals surface area (Å²) in [7, 11) is 0. The van der Waals surface area contributed by atoms with Gasteiger partial charge in [0, 0.05) is 37.7 Å². The molecule has 27 heavy (non-hydrogen) atoms. The summed E-state index contributed by atoms with van der Waals surface area (Å²) in [5, 5.41) is 7.07. The number of carbonyl (C=O) groups is 2. The van der Waals surface area contributed by atoms with Gasteiger partial charge in [0.15, 0.2) is 0 Å². The molecule has 0 radical (unpaired) electrons. The fourth-order valence-corrected chi connectivity index (χ4v) is 3.83. The molecule has 2 N–H and O–H groups in total. The lowest BCUT2D eigenvalue weighted by molar-refractivity contribution is -0.121. The van der Waals surface area contributed by atoms with Gasteiger partial charge in [-0.1, -0.05) is 36.8 Å². The molecule has 0 spiro atoms. The zero-order valence-electron chi connectivity index (χ0n) is 16.0. The molecule has 0 aliphatic carbocycles. The van der Waals surface area contributed by atoms with E-state index in [1.54, 1.807) is 0 Å². The van der Waals surface area contributed by atoms with Crippen LogP contribution in [-0.2, 0) is 16.1 Å². The Balaban J connectivity index is 1.37. The molecule has 2 heterocycles. The van der Waals surface area contributed by atoms with E-state index in [-0.39, 0.29) is 11.8 Å². The number of nitrogens with zero attached hydrogens (tertiary/aromatic N) is 2. The second-order valence-corrected chi connectivity index (χ2v) is 7.46. The molecule has 1 unspecified atom stereocenters. The largest absolute Gasteiger partial charge is 0.356 e. The summed E-state index contributed by atoms with van der Waals surface area (Å²) in [6, 6.07) is 11.2. The maximum Gasteiger partial charge on any atom is 0.240 e. The molecule has 1 aromatic carbocycles. The molecule has 146 valence electrons. The first-order valence-corrected chi connectivity index (χ1v) is 10.1. The van der Waals surface area contributed by atoms with Gasteiger partial charge in [-0.25, -0.2) is 5.43 Å². The van der Waals surface area contributed by atoms with Gasteiger partial charge in [-0.15, -0.1) is 0 Å². The topological polar surface area (TPSA) is 73.8 Å². The van der Waals surface area contributed by atoms with Crippen LogP contribution in [0.3, 0.4) is 0 Å². The monoisotopic (exact) mass is 370 g/mol. The summed E-state index contributed by atoms with van der Waals surface area (Å²) < 4.78 is 0. The summed E-state index contributed by atoms with van der Waals surface area (Å²) >= 11 is 0. The SMILES string of the molecule is O=C(CCC1=NNC(=O)CC1)NCCC1CCCCN1Cc1ccccc1. The minimum atomic E-state index is -0.0456. The van der Waals surface area contributed by atoms with Crippen LogP contribution in [0.4, 0.5) is 0 Å². The smallest absolute Gasteiger partial charge is 0.240 e. The predicted molar refractivity (Wildman–Crippen MR) is 106 cm³/mol. The molecule has 2 amide bonds. The van der Waals surface area contributed by atoms with E-state index in [4.69, 9.17) is 0 Å². The van der Waals surface area contributed by atoms with Crippen LogP contribution in [0.1, 0.15) is 56.9 Å². The fourth-order valence-electron chi connectivity index (χ4n) is 3.83. The number of rotatable bonds is 8. The van der Waals surface area contributed by atoms with Crippen LogP contribution in [0.15, 0.2) is 35.4 Å². The van der Waals surface area contributed by atoms with Crippen LogP contribution in [0.5, 0.6) is 0 Å². The molecule has 1 atom stereocenters. The predicted octanol–water partition coefficient (Wildman–Crippen LogP) is 2.59. The minimum absolute atomic E-state index is 0.0456. The number of carbonyl (C=O) groups excluding carboxylic acids is 2. The molecule has 3 rings (SSSR count). The molecule has 0 bridgehead atoms. The van der Waals surface area contributed by atoms with E-state index in [2.05, 4.69) is 51.1 Å². The standard InChI is InChI=1S/C21H30N4O2/c26-20(11-9-18-10-12-21(27)24-23-18)22-14-13-19-8-4-5-15-25(19)16-17-6-2-1-3-7-17/h1-3,6-7,19H,4-5,8-16H2,(H,22,26)(H,24,27). The third-order valence-electron chi connectivity index (χ3n) is 5.40. The van der Waals surface area contributed by atoms with Crippen molar-refractivity contribution in [2.75, 3.05) is 13.1 Å². The van der Waals surface area contributed by atoms with Crippen LogP contribution in [0, 0.1) is 0 Å². The van der Waals surface area contributed by atoms with Crippen molar-refractivity contribution < 1.29 is 9.59 Å². The van der Waals surface area contributed by atoms with Crippen LogP contribution in [0.2, 0.25) is 0 Å². The third kappa shape index (κ3) is 6.47. The highest BCUT2D eigenvalue weighted by atomic mass is 16.2. The van der Waals surface area contributed by atoms with Crippen LogP contribution < -0.4 is 10.7 Å². The van der Waals surface area contributed by atoms with Crippen molar-refractivity contribution in [1.29, 1.82) is 0 Å². The molecule has 1 saturated heterocycles. The second-order valence-electron chi connectivity index (χ2n) is 7.46. The second kappa shape index (κ2) is 10.2. The van der Waals surface area contributed by atoms with E-state index in [0.717, 1.165) is 31.8 Å². The molecule has 2 aliphatic heterocycles. The number of hydrazone groups is 1. The van der Waals surface area contributed by atoms with Crippen molar-refractivity contribution in [2.45, 2.75) is 64.0 Å². The summed E-state index contributed by atoms with van der Waals surface area (Å²) in [6.07, 6.45) is 6.93. The highest BCUT2D eigenvalue weighted by molar-refractivity contribution is 5.94. The zero-order chi connectivity index (χ0) is 18.9. The number of nitrogens with one attached hydrogen (secondary N) is 2. The van der Waals surface area contributed by atoms with Gasteiger partial charge in [0.25, 0.3) is 0 Å². The molecule has 6 nitrogen and oxygen atoms in total. The highest BCUT2D eigenvalue weighted by Gasteiger charge is 2.22. The third-order valence-corrected chi connectivity index (χ3v) is 5.40. The lowest BCUT2D eigenvalue weighted by Gasteiger charge is -2.36. The van der Waals surface area contributed by atoms with Crippen LogP contribution in [-0.4, -0.2) is 41.6 Å². The molecule has 6 heteroatoms. The maximum absolute atomic E-state index is 12.1. The van der Waals surface area contributed by atoms with Gasteiger partial charge in [-0.3, -0.25) is 14.5 Å².